The quantitative estimate of drug-likeness (QED) is 0.821. The lowest BCUT2D eigenvalue weighted by atomic mass is 10.2. The highest BCUT2D eigenvalue weighted by Gasteiger charge is 2.21. The summed E-state index contributed by atoms with van der Waals surface area (Å²) >= 11 is 0. The Bertz CT molecular complexity index is 549. The first-order valence-electron chi connectivity index (χ1n) is 6.51. The Labute approximate surface area is 111 Å². The van der Waals surface area contributed by atoms with Crippen LogP contribution in [-0.2, 0) is 13.1 Å². The number of anilines is 1. The molecule has 0 saturated heterocycles. The fourth-order valence-corrected chi connectivity index (χ4v) is 1.78. The summed E-state index contributed by atoms with van der Waals surface area (Å²) in [5.41, 5.74) is 2.13. The first-order chi connectivity index (χ1) is 9.31. The first kappa shape index (κ1) is 12.1. The van der Waals surface area contributed by atoms with Gasteiger partial charge in [-0.05, 0) is 31.4 Å². The van der Waals surface area contributed by atoms with Crippen molar-refractivity contribution >= 4 is 6.01 Å². The fourth-order valence-electron chi connectivity index (χ4n) is 1.78. The van der Waals surface area contributed by atoms with Gasteiger partial charge in [0, 0.05) is 12.2 Å². The van der Waals surface area contributed by atoms with Crippen LogP contribution in [-0.4, -0.2) is 21.2 Å². The minimum absolute atomic E-state index is 0.442. The maximum atomic E-state index is 5.50. The van der Waals surface area contributed by atoms with Crippen molar-refractivity contribution in [3.05, 3.63) is 35.5 Å². The number of rotatable bonds is 6. The summed E-state index contributed by atoms with van der Waals surface area (Å²) < 4.78 is 5.50. The zero-order chi connectivity index (χ0) is 13.1. The van der Waals surface area contributed by atoms with Crippen molar-refractivity contribution in [2.24, 2.45) is 0 Å². The zero-order valence-electron chi connectivity index (χ0n) is 10.9. The third-order valence-corrected chi connectivity index (χ3v) is 3.11. The van der Waals surface area contributed by atoms with Gasteiger partial charge in [-0.25, -0.2) is 0 Å². The summed E-state index contributed by atoms with van der Waals surface area (Å²) in [5.74, 6) is 0.618. The zero-order valence-corrected chi connectivity index (χ0v) is 10.9. The SMILES string of the molecule is Cc1cccnc1CNc1nnc(CNC2CC2)o1. The van der Waals surface area contributed by atoms with Crippen LogP contribution in [0, 0.1) is 6.92 Å². The molecule has 1 fully saturated rings. The van der Waals surface area contributed by atoms with Crippen LogP contribution in [0.5, 0.6) is 0 Å². The van der Waals surface area contributed by atoms with Crippen molar-refractivity contribution < 1.29 is 4.42 Å². The molecule has 0 amide bonds. The molecule has 0 unspecified atom stereocenters. The Morgan fingerprint density at radius 1 is 1.32 bits per heavy atom. The molecule has 0 aliphatic heterocycles. The summed E-state index contributed by atoms with van der Waals surface area (Å²) in [7, 11) is 0. The van der Waals surface area contributed by atoms with Crippen molar-refractivity contribution in [2.75, 3.05) is 5.32 Å². The molecular formula is C13H17N5O. The van der Waals surface area contributed by atoms with E-state index in [1.165, 1.54) is 12.8 Å². The topological polar surface area (TPSA) is 75.9 Å². The van der Waals surface area contributed by atoms with Crippen LogP contribution in [0.15, 0.2) is 22.7 Å². The molecule has 2 heterocycles. The van der Waals surface area contributed by atoms with Crippen LogP contribution >= 0.6 is 0 Å². The molecule has 100 valence electrons. The van der Waals surface area contributed by atoms with Crippen LogP contribution in [0.25, 0.3) is 0 Å². The summed E-state index contributed by atoms with van der Waals surface area (Å²) in [4.78, 5) is 4.30. The molecule has 1 saturated carbocycles. The number of pyridine rings is 1. The third kappa shape index (κ3) is 3.29. The monoisotopic (exact) mass is 259 g/mol. The van der Waals surface area contributed by atoms with Crippen molar-refractivity contribution in [3.8, 4) is 0 Å². The second-order valence-corrected chi connectivity index (χ2v) is 4.78. The Morgan fingerprint density at radius 2 is 2.21 bits per heavy atom. The second kappa shape index (κ2) is 5.36. The van der Waals surface area contributed by atoms with Gasteiger partial charge in [0.1, 0.15) is 0 Å². The molecule has 1 aliphatic rings. The van der Waals surface area contributed by atoms with E-state index < -0.39 is 0 Å². The summed E-state index contributed by atoms with van der Waals surface area (Å²) in [6.07, 6.45) is 4.28. The van der Waals surface area contributed by atoms with Gasteiger partial charge in [-0.2, -0.15) is 0 Å². The van der Waals surface area contributed by atoms with Gasteiger partial charge in [0.25, 0.3) is 0 Å². The van der Waals surface area contributed by atoms with E-state index in [4.69, 9.17) is 4.42 Å². The van der Waals surface area contributed by atoms with Crippen molar-refractivity contribution in [2.45, 2.75) is 38.9 Å². The lowest BCUT2D eigenvalue weighted by molar-refractivity contribution is 0.475. The van der Waals surface area contributed by atoms with Crippen LogP contribution in [0.2, 0.25) is 0 Å². The molecule has 0 bridgehead atoms. The smallest absolute Gasteiger partial charge is 0.315 e. The first-order valence-corrected chi connectivity index (χ1v) is 6.51. The lowest BCUT2D eigenvalue weighted by Gasteiger charge is -2.03. The lowest BCUT2D eigenvalue weighted by Crippen LogP contribution is -2.15. The van der Waals surface area contributed by atoms with Gasteiger partial charge in [0.2, 0.25) is 5.89 Å². The van der Waals surface area contributed by atoms with E-state index in [2.05, 4.69) is 25.8 Å². The molecule has 0 aromatic carbocycles. The van der Waals surface area contributed by atoms with Crippen molar-refractivity contribution in [1.29, 1.82) is 0 Å². The van der Waals surface area contributed by atoms with Crippen molar-refractivity contribution in [1.82, 2.24) is 20.5 Å². The highest BCUT2D eigenvalue weighted by atomic mass is 16.4. The van der Waals surface area contributed by atoms with E-state index in [1.807, 2.05) is 19.1 Å². The van der Waals surface area contributed by atoms with E-state index in [0.29, 0.717) is 31.0 Å². The second-order valence-electron chi connectivity index (χ2n) is 4.78. The Kier molecular flexibility index (Phi) is 3.41. The number of nitrogens with one attached hydrogen (secondary N) is 2. The average Bonchev–Trinajstić information content (AvgIpc) is 3.14. The van der Waals surface area contributed by atoms with Crippen molar-refractivity contribution in [3.63, 3.8) is 0 Å². The average molecular weight is 259 g/mol. The van der Waals surface area contributed by atoms with E-state index in [0.717, 1.165) is 11.3 Å². The number of aryl methyl sites for hydroxylation is 1. The normalized spacial score (nSPS) is 14.6. The number of aromatic nitrogens is 3. The number of hydrogen-bond acceptors (Lipinski definition) is 6. The molecule has 6 nitrogen and oxygen atoms in total. The highest BCUT2D eigenvalue weighted by molar-refractivity contribution is 5.24. The molecular weight excluding hydrogens is 242 g/mol. The molecule has 6 heteroatoms. The largest absolute Gasteiger partial charge is 0.407 e. The van der Waals surface area contributed by atoms with Gasteiger partial charge in [-0.1, -0.05) is 11.2 Å². The molecule has 2 N–H and O–H groups in total. The molecule has 2 aromatic heterocycles. The molecule has 3 rings (SSSR count). The summed E-state index contributed by atoms with van der Waals surface area (Å²) in [5, 5.41) is 14.4. The molecule has 0 atom stereocenters. The Balaban J connectivity index is 1.53. The maximum absolute atomic E-state index is 5.50. The van der Waals surface area contributed by atoms with Gasteiger partial charge >= 0.3 is 6.01 Å². The Morgan fingerprint density at radius 3 is 3.00 bits per heavy atom. The van der Waals surface area contributed by atoms with E-state index in [1.54, 1.807) is 6.20 Å². The van der Waals surface area contributed by atoms with Crippen LogP contribution in [0.4, 0.5) is 6.01 Å². The standard InChI is InChI=1S/C13H17N5O/c1-9-3-2-6-14-11(9)7-16-13-18-17-12(19-13)8-15-10-4-5-10/h2-3,6,10,15H,4-5,7-8H2,1H3,(H,16,18). The van der Waals surface area contributed by atoms with Crippen LogP contribution < -0.4 is 10.6 Å². The van der Waals surface area contributed by atoms with Gasteiger partial charge in [-0.3, -0.25) is 4.98 Å². The van der Waals surface area contributed by atoms with Gasteiger partial charge < -0.3 is 15.1 Å². The number of hydrogen-bond donors (Lipinski definition) is 2. The fraction of sp³-hybridized carbons (Fsp3) is 0.462. The number of nitrogens with zero attached hydrogens (tertiary/aromatic N) is 3. The van der Waals surface area contributed by atoms with Gasteiger partial charge in [0.05, 0.1) is 18.8 Å². The van der Waals surface area contributed by atoms with E-state index in [-0.39, 0.29) is 0 Å². The maximum Gasteiger partial charge on any atom is 0.315 e. The minimum Gasteiger partial charge on any atom is -0.407 e. The third-order valence-electron chi connectivity index (χ3n) is 3.11. The summed E-state index contributed by atoms with van der Waals surface area (Å²) in [6.45, 7) is 3.26. The predicted molar refractivity (Wildman–Crippen MR) is 70.5 cm³/mol. The Hall–Kier alpha value is -1.95. The van der Waals surface area contributed by atoms with Crippen LogP contribution in [0.3, 0.4) is 0 Å². The summed E-state index contributed by atoms with van der Waals surface area (Å²) in [6, 6.07) is 5.04. The molecule has 19 heavy (non-hydrogen) atoms. The van der Waals surface area contributed by atoms with E-state index >= 15 is 0 Å². The highest BCUT2D eigenvalue weighted by Crippen LogP contribution is 2.19. The predicted octanol–water partition coefficient (Wildman–Crippen LogP) is 1.64. The van der Waals surface area contributed by atoms with Gasteiger partial charge in [-0.15, -0.1) is 5.10 Å². The van der Waals surface area contributed by atoms with E-state index in [9.17, 15) is 0 Å². The molecule has 0 spiro atoms. The van der Waals surface area contributed by atoms with Gasteiger partial charge in [0.15, 0.2) is 0 Å². The molecule has 1 aliphatic carbocycles. The molecule has 2 aromatic rings. The van der Waals surface area contributed by atoms with Crippen LogP contribution in [0.1, 0.15) is 30.0 Å². The minimum atomic E-state index is 0.442. The molecule has 0 radical (unpaired) electrons.